The topological polar surface area (TPSA) is 52.6 Å². The predicted molar refractivity (Wildman–Crippen MR) is 69.1 cm³/mol. The summed E-state index contributed by atoms with van der Waals surface area (Å²) >= 11 is 6.21. The maximum atomic E-state index is 13.3. The molecule has 1 rings (SSSR count). The van der Waals surface area contributed by atoms with Crippen LogP contribution in [0.4, 0.5) is 4.39 Å². The molecule has 0 N–H and O–H groups in total. The Bertz CT molecular complexity index is 490. The Hall–Kier alpha value is -0.950. The van der Waals surface area contributed by atoms with Gasteiger partial charge in [0.05, 0.1) is 19.8 Å². The van der Waals surface area contributed by atoms with E-state index in [9.17, 15) is 14.0 Å². The molecule has 1 unspecified atom stereocenters. The van der Waals surface area contributed by atoms with Crippen LogP contribution in [0.5, 0.6) is 0 Å². The van der Waals surface area contributed by atoms with Crippen molar-refractivity contribution in [1.29, 1.82) is 0 Å². The van der Waals surface area contributed by atoms with Gasteiger partial charge < -0.3 is 9.47 Å². The van der Waals surface area contributed by atoms with Crippen LogP contribution in [-0.2, 0) is 14.3 Å². The number of ether oxygens (including phenoxy) is 2. The highest BCUT2D eigenvalue weighted by atomic mass is 79.9. The predicted octanol–water partition coefficient (Wildman–Crippen LogP) is 2.98. The van der Waals surface area contributed by atoms with Crippen molar-refractivity contribution in [3.8, 4) is 0 Å². The van der Waals surface area contributed by atoms with E-state index in [-0.39, 0.29) is 15.6 Å². The minimum Gasteiger partial charge on any atom is -0.468 e. The first kappa shape index (κ1) is 15.1. The van der Waals surface area contributed by atoms with Crippen LogP contribution >= 0.6 is 31.9 Å². The Morgan fingerprint density at radius 2 is 1.89 bits per heavy atom. The largest absolute Gasteiger partial charge is 0.468 e. The lowest BCUT2D eigenvalue weighted by Gasteiger charge is -2.14. The Labute approximate surface area is 120 Å². The highest BCUT2D eigenvalue weighted by molar-refractivity contribution is 9.11. The van der Waals surface area contributed by atoms with Crippen LogP contribution in [0, 0.1) is 5.82 Å². The summed E-state index contributed by atoms with van der Waals surface area (Å²) in [6.07, 6.45) is 0. The van der Waals surface area contributed by atoms with Gasteiger partial charge in [0.2, 0.25) is 0 Å². The number of rotatable bonds is 3. The highest BCUT2D eigenvalue weighted by Crippen LogP contribution is 2.34. The third kappa shape index (κ3) is 3.08. The first-order valence-corrected chi connectivity index (χ1v) is 6.42. The Kier molecular flexibility index (Phi) is 5.28. The molecule has 0 bridgehead atoms. The van der Waals surface area contributed by atoms with Crippen LogP contribution in [-0.4, -0.2) is 26.2 Å². The summed E-state index contributed by atoms with van der Waals surface area (Å²) in [6.45, 7) is 0. The van der Waals surface area contributed by atoms with Crippen molar-refractivity contribution in [1.82, 2.24) is 0 Å². The lowest BCUT2D eigenvalue weighted by Crippen LogP contribution is -2.15. The number of esters is 2. The minimum absolute atomic E-state index is 0.0448. The summed E-state index contributed by atoms with van der Waals surface area (Å²) in [5.74, 6) is -1.96. The Morgan fingerprint density at radius 3 is 2.39 bits per heavy atom. The molecule has 1 aromatic carbocycles. The standard InChI is InChI=1S/C11H9Br2FO4/c1-17-10(15)6-3-5(14)4-7(12)8(6)9(13)11(16)18-2/h3-4,9H,1-2H3. The fraction of sp³-hybridized carbons (Fsp3) is 0.273. The molecule has 7 heteroatoms. The number of hydrogen-bond acceptors (Lipinski definition) is 4. The van der Waals surface area contributed by atoms with Crippen LogP contribution in [0.3, 0.4) is 0 Å². The van der Waals surface area contributed by atoms with Crippen molar-refractivity contribution < 1.29 is 23.5 Å². The zero-order chi connectivity index (χ0) is 13.9. The molecule has 0 spiro atoms. The van der Waals surface area contributed by atoms with E-state index in [1.807, 2.05) is 0 Å². The van der Waals surface area contributed by atoms with E-state index in [4.69, 9.17) is 0 Å². The molecule has 0 saturated heterocycles. The van der Waals surface area contributed by atoms with Crippen LogP contribution < -0.4 is 0 Å². The number of carbonyl (C=O) groups is 2. The van der Waals surface area contributed by atoms with Crippen molar-refractivity contribution in [2.45, 2.75) is 4.83 Å². The molecular formula is C11H9Br2FO4. The summed E-state index contributed by atoms with van der Waals surface area (Å²) in [5.41, 5.74) is 0.215. The molecule has 0 radical (unpaired) electrons. The number of methoxy groups -OCH3 is 2. The molecule has 0 aliphatic rings. The highest BCUT2D eigenvalue weighted by Gasteiger charge is 2.27. The smallest absolute Gasteiger partial charge is 0.338 e. The lowest BCUT2D eigenvalue weighted by atomic mass is 10.0. The van der Waals surface area contributed by atoms with Crippen molar-refractivity contribution in [2.24, 2.45) is 0 Å². The summed E-state index contributed by atoms with van der Waals surface area (Å²) in [5, 5.41) is 0. The molecule has 0 aliphatic carbocycles. The zero-order valence-electron chi connectivity index (χ0n) is 9.50. The van der Waals surface area contributed by atoms with Gasteiger partial charge in [-0.15, -0.1) is 0 Å². The quantitative estimate of drug-likeness (QED) is 0.594. The van der Waals surface area contributed by atoms with Gasteiger partial charge in [-0.25, -0.2) is 9.18 Å². The average Bonchev–Trinajstić information content (AvgIpc) is 2.35. The molecule has 0 aliphatic heterocycles. The first-order chi connectivity index (χ1) is 8.42. The fourth-order valence-corrected chi connectivity index (χ4v) is 2.99. The summed E-state index contributed by atoms with van der Waals surface area (Å²) in [6, 6.07) is 2.15. The Morgan fingerprint density at radius 1 is 1.28 bits per heavy atom. The third-order valence-corrected chi connectivity index (χ3v) is 3.65. The van der Waals surface area contributed by atoms with Gasteiger partial charge in [0, 0.05) is 10.0 Å². The van der Waals surface area contributed by atoms with Crippen LogP contribution in [0.15, 0.2) is 16.6 Å². The number of benzene rings is 1. The molecule has 0 aromatic heterocycles. The molecular weight excluding hydrogens is 375 g/mol. The van der Waals surface area contributed by atoms with Crippen molar-refractivity contribution in [3.63, 3.8) is 0 Å². The monoisotopic (exact) mass is 382 g/mol. The minimum atomic E-state index is -0.897. The summed E-state index contributed by atoms with van der Waals surface area (Å²) in [4.78, 5) is 22.2. The van der Waals surface area contributed by atoms with Crippen molar-refractivity contribution in [2.75, 3.05) is 14.2 Å². The molecule has 0 saturated carbocycles. The van der Waals surface area contributed by atoms with Gasteiger partial charge in [-0.1, -0.05) is 31.9 Å². The van der Waals surface area contributed by atoms with E-state index < -0.39 is 22.6 Å². The van der Waals surface area contributed by atoms with Gasteiger partial charge in [-0.05, 0) is 12.1 Å². The van der Waals surface area contributed by atoms with E-state index in [1.54, 1.807) is 0 Å². The van der Waals surface area contributed by atoms with Gasteiger partial charge in [0.15, 0.2) is 0 Å². The van der Waals surface area contributed by atoms with E-state index in [0.29, 0.717) is 0 Å². The summed E-state index contributed by atoms with van der Waals surface area (Å²) in [7, 11) is 2.39. The number of halogens is 3. The van der Waals surface area contributed by atoms with Crippen molar-refractivity contribution in [3.05, 3.63) is 33.5 Å². The first-order valence-electron chi connectivity index (χ1n) is 4.71. The zero-order valence-corrected chi connectivity index (χ0v) is 12.7. The maximum Gasteiger partial charge on any atom is 0.338 e. The molecule has 1 atom stereocenters. The van der Waals surface area contributed by atoms with E-state index >= 15 is 0 Å². The van der Waals surface area contributed by atoms with Crippen LogP contribution in [0.1, 0.15) is 20.7 Å². The van der Waals surface area contributed by atoms with Crippen LogP contribution in [0.2, 0.25) is 0 Å². The molecule has 18 heavy (non-hydrogen) atoms. The fourth-order valence-electron chi connectivity index (χ4n) is 1.34. The molecule has 98 valence electrons. The van der Waals surface area contributed by atoms with E-state index in [2.05, 4.69) is 41.3 Å². The third-order valence-electron chi connectivity index (χ3n) is 2.16. The second kappa shape index (κ2) is 6.29. The molecule has 0 amide bonds. The molecule has 4 nitrogen and oxygen atoms in total. The van der Waals surface area contributed by atoms with Gasteiger partial charge >= 0.3 is 11.9 Å². The van der Waals surface area contributed by atoms with Gasteiger partial charge in [0.1, 0.15) is 10.6 Å². The van der Waals surface area contributed by atoms with Gasteiger partial charge in [-0.2, -0.15) is 0 Å². The van der Waals surface area contributed by atoms with Crippen molar-refractivity contribution >= 4 is 43.8 Å². The van der Waals surface area contributed by atoms with E-state index in [0.717, 1.165) is 12.1 Å². The average molecular weight is 384 g/mol. The molecule has 1 aromatic rings. The lowest BCUT2D eigenvalue weighted by molar-refractivity contribution is -0.139. The summed E-state index contributed by atoms with van der Waals surface area (Å²) < 4.78 is 22.7. The second-order valence-electron chi connectivity index (χ2n) is 3.23. The molecule has 0 heterocycles. The SMILES string of the molecule is COC(=O)c1cc(F)cc(Br)c1C(Br)C(=O)OC. The second-order valence-corrected chi connectivity index (χ2v) is 5.00. The number of alkyl halides is 1. The number of carbonyl (C=O) groups excluding carboxylic acids is 2. The Balaban J connectivity index is 3.40. The molecule has 0 fully saturated rings. The van der Waals surface area contributed by atoms with Gasteiger partial charge in [-0.3, -0.25) is 4.79 Å². The maximum absolute atomic E-state index is 13.3. The normalized spacial score (nSPS) is 11.8. The van der Waals surface area contributed by atoms with Gasteiger partial charge in [0.25, 0.3) is 0 Å². The number of hydrogen-bond donors (Lipinski definition) is 0. The van der Waals surface area contributed by atoms with E-state index in [1.165, 1.54) is 14.2 Å². The van der Waals surface area contributed by atoms with Crippen LogP contribution in [0.25, 0.3) is 0 Å².